The third-order valence-electron chi connectivity index (χ3n) is 3.97. The quantitative estimate of drug-likeness (QED) is 0.608. The largest absolute Gasteiger partial charge is 0.509 e. The maximum atomic E-state index is 10.9. The Labute approximate surface area is 84.8 Å². The molecule has 1 heterocycles. The molecular formula is C11H18O3. The topological polar surface area (TPSA) is 35.5 Å². The summed E-state index contributed by atoms with van der Waals surface area (Å²) in [5.74, 6) is 0. The Kier molecular flexibility index (Phi) is 2.20. The van der Waals surface area contributed by atoms with Crippen LogP contribution in [0.15, 0.2) is 0 Å². The molecule has 80 valence electrons. The molecule has 0 aromatic rings. The van der Waals surface area contributed by atoms with Gasteiger partial charge in [-0.3, -0.25) is 0 Å². The average molecular weight is 198 g/mol. The minimum atomic E-state index is -0.481. The van der Waals surface area contributed by atoms with Gasteiger partial charge in [-0.25, -0.2) is 4.79 Å². The average Bonchev–Trinajstić information content (AvgIpc) is 2.55. The molecule has 3 nitrogen and oxygen atoms in total. The molecule has 2 fully saturated rings. The van der Waals surface area contributed by atoms with E-state index in [1.54, 1.807) is 0 Å². The van der Waals surface area contributed by atoms with E-state index >= 15 is 0 Å². The summed E-state index contributed by atoms with van der Waals surface area (Å²) in [6.07, 6.45) is 4.93. The maximum Gasteiger partial charge on any atom is 0.509 e. The molecular weight excluding hydrogens is 180 g/mol. The van der Waals surface area contributed by atoms with Crippen LogP contribution in [0.5, 0.6) is 0 Å². The number of carbonyl (C=O) groups excluding carboxylic acids is 1. The van der Waals surface area contributed by atoms with Crippen LogP contribution in [0.1, 0.15) is 46.0 Å². The molecule has 2 aliphatic rings. The Hall–Kier alpha value is -0.730. The Morgan fingerprint density at radius 1 is 1.29 bits per heavy atom. The first-order valence-corrected chi connectivity index (χ1v) is 5.43. The highest BCUT2D eigenvalue weighted by molar-refractivity contribution is 5.62. The van der Waals surface area contributed by atoms with E-state index in [1.807, 2.05) is 0 Å². The third kappa shape index (κ3) is 1.60. The molecule has 1 saturated carbocycles. The van der Waals surface area contributed by atoms with Gasteiger partial charge >= 0.3 is 6.16 Å². The number of ether oxygens (including phenoxy) is 2. The molecule has 0 atom stereocenters. The van der Waals surface area contributed by atoms with Gasteiger partial charge in [0.15, 0.2) is 0 Å². The molecule has 1 spiro atoms. The molecule has 1 aliphatic heterocycles. The van der Waals surface area contributed by atoms with Gasteiger partial charge in [0.2, 0.25) is 0 Å². The van der Waals surface area contributed by atoms with Crippen LogP contribution >= 0.6 is 0 Å². The standard InChI is InChI=1S/C11H18O3/c1-3-10(2)4-6-11(7-5-10)8-13-9(12)14-11/h3-8H2,1-2H3. The number of carbonyl (C=O) groups is 1. The van der Waals surface area contributed by atoms with Crippen molar-refractivity contribution in [1.82, 2.24) is 0 Å². The van der Waals surface area contributed by atoms with E-state index in [9.17, 15) is 4.79 Å². The van der Waals surface area contributed by atoms with Crippen molar-refractivity contribution >= 4 is 6.16 Å². The lowest BCUT2D eigenvalue weighted by atomic mass is 9.69. The van der Waals surface area contributed by atoms with Crippen molar-refractivity contribution in [2.45, 2.75) is 51.6 Å². The van der Waals surface area contributed by atoms with Crippen LogP contribution in [0.3, 0.4) is 0 Å². The molecule has 0 radical (unpaired) electrons. The highest BCUT2D eigenvalue weighted by Crippen LogP contribution is 2.45. The van der Waals surface area contributed by atoms with Gasteiger partial charge in [0.1, 0.15) is 12.2 Å². The van der Waals surface area contributed by atoms with Gasteiger partial charge in [0, 0.05) is 0 Å². The monoisotopic (exact) mass is 198 g/mol. The summed E-state index contributed by atoms with van der Waals surface area (Å²) < 4.78 is 10.2. The molecule has 0 aromatic heterocycles. The van der Waals surface area contributed by atoms with Crippen molar-refractivity contribution in [1.29, 1.82) is 0 Å². The van der Waals surface area contributed by atoms with Crippen molar-refractivity contribution in [3.8, 4) is 0 Å². The molecule has 0 bridgehead atoms. The first-order valence-electron chi connectivity index (χ1n) is 5.43. The Bertz CT molecular complexity index is 239. The van der Waals surface area contributed by atoms with Crippen LogP contribution in [0.4, 0.5) is 4.79 Å². The summed E-state index contributed by atoms with van der Waals surface area (Å²) >= 11 is 0. The number of hydrogen-bond acceptors (Lipinski definition) is 3. The highest BCUT2D eigenvalue weighted by atomic mass is 16.8. The van der Waals surface area contributed by atoms with Crippen LogP contribution < -0.4 is 0 Å². The zero-order valence-corrected chi connectivity index (χ0v) is 8.97. The second kappa shape index (κ2) is 3.14. The Morgan fingerprint density at radius 3 is 2.36 bits per heavy atom. The fourth-order valence-electron chi connectivity index (χ4n) is 2.34. The molecule has 14 heavy (non-hydrogen) atoms. The second-order valence-corrected chi connectivity index (χ2v) is 4.99. The van der Waals surface area contributed by atoms with Crippen molar-refractivity contribution in [2.75, 3.05) is 6.61 Å². The lowest BCUT2D eigenvalue weighted by Gasteiger charge is -2.40. The van der Waals surface area contributed by atoms with E-state index in [4.69, 9.17) is 9.47 Å². The zero-order valence-electron chi connectivity index (χ0n) is 8.97. The molecule has 2 rings (SSSR count). The Balaban J connectivity index is 1.99. The van der Waals surface area contributed by atoms with Crippen LogP contribution in [-0.2, 0) is 9.47 Å². The first kappa shape index (κ1) is 9.81. The van der Waals surface area contributed by atoms with Gasteiger partial charge in [-0.1, -0.05) is 20.3 Å². The van der Waals surface area contributed by atoms with E-state index in [0.717, 1.165) is 25.7 Å². The maximum absolute atomic E-state index is 10.9. The van der Waals surface area contributed by atoms with E-state index in [0.29, 0.717) is 12.0 Å². The number of rotatable bonds is 1. The van der Waals surface area contributed by atoms with Gasteiger partial charge in [-0.05, 0) is 31.1 Å². The fourth-order valence-corrected chi connectivity index (χ4v) is 2.34. The summed E-state index contributed by atoms with van der Waals surface area (Å²) in [7, 11) is 0. The number of cyclic esters (lactones) is 1. The minimum absolute atomic E-state index is 0.272. The van der Waals surface area contributed by atoms with Crippen LogP contribution in [0.2, 0.25) is 0 Å². The van der Waals surface area contributed by atoms with Crippen molar-refractivity contribution < 1.29 is 14.3 Å². The van der Waals surface area contributed by atoms with Gasteiger partial charge in [-0.2, -0.15) is 0 Å². The van der Waals surface area contributed by atoms with Gasteiger partial charge < -0.3 is 9.47 Å². The van der Waals surface area contributed by atoms with Gasteiger partial charge in [0.25, 0.3) is 0 Å². The predicted molar refractivity (Wildman–Crippen MR) is 52.0 cm³/mol. The smallest absolute Gasteiger partial charge is 0.430 e. The van der Waals surface area contributed by atoms with Crippen LogP contribution in [0, 0.1) is 5.41 Å². The number of hydrogen-bond donors (Lipinski definition) is 0. The SMILES string of the molecule is CCC1(C)CCC2(CC1)COC(=O)O2. The summed E-state index contributed by atoms with van der Waals surface area (Å²) in [6.45, 7) is 5.01. The molecule has 0 amide bonds. The summed E-state index contributed by atoms with van der Waals surface area (Å²) in [5.41, 5.74) is 0.173. The van der Waals surface area contributed by atoms with Crippen molar-refractivity contribution in [3.63, 3.8) is 0 Å². The highest BCUT2D eigenvalue weighted by Gasteiger charge is 2.47. The molecule has 1 aliphatic carbocycles. The lowest BCUT2D eigenvalue weighted by molar-refractivity contribution is -0.00927. The fraction of sp³-hybridized carbons (Fsp3) is 0.909. The predicted octanol–water partition coefficient (Wildman–Crippen LogP) is 2.88. The zero-order chi connectivity index (χ0) is 10.2. The minimum Gasteiger partial charge on any atom is -0.430 e. The molecule has 1 saturated heterocycles. The summed E-state index contributed by atoms with van der Waals surface area (Å²) in [4.78, 5) is 10.9. The van der Waals surface area contributed by atoms with Crippen molar-refractivity contribution in [2.24, 2.45) is 5.41 Å². The van der Waals surface area contributed by atoms with Crippen molar-refractivity contribution in [3.05, 3.63) is 0 Å². The van der Waals surface area contributed by atoms with E-state index in [2.05, 4.69) is 13.8 Å². The summed E-state index contributed by atoms with van der Waals surface area (Å²) in [6, 6.07) is 0. The van der Waals surface area contributed by atoms with Gasteiger partial charge in [-0.15, -0.1) is 0 Å². The normalized spacial score (nSPS) is 42.3. The van der Waals surface area contributed by atoms with E-state index < -0.39 is 6.16 Å². The van der Waals surface area contributed by atoms with Crippen LogP contribution in [0.25, 0.3) is 0 Å². The first-order chi connectivity index (χ1) is 6.58. The van der Waals surface area contributed by atoms with Crippen LogP contribution in [-0.4, -0.2) is 18.4 Å². The Morgan fingerprint density at radius 2 is 1.93 bits per heavy atom. The second-order valence-electron chi connectivity index (χ2n) is 4.99. The molecule has 0 N–H and O–H groups in total. The lowest BCUT2D eigenvalue weighted by Crippen LogP contribution is -2.39. The molecule has 3 heteroatoms. The summed E-state index contributed by atoms with van der Waals surface area (Å²) in [5, 5.41) is 0. The molecule has 0 aromatic carbocycles. The van der Waals surface area contributed by atoms with Gasteiger partial charge in [0.05, 0.1) is 0 Å². The van der Waals surface area contributed by atoms with E-state index in [-0.39, 0.29) is 5.60 Å². The molecule has 0 unspecified atom stereocenters. The van der Waals surface area contributed by atoms with E-state index in [1.165, 1.54) is 6.42 Å². The third-order valence-corrected chi connectivity index (χ3v) is 3.97.